The Hall–Kier alpha value is -1.65. The minimum Gasteiger partial charge on any atom is -0.396 e. The minimum absolute atomic E-state index is 0.200. The van der Waals surface area contributed by atoms with Crippen molar-refractivity contribution in [3.8, 4) is 0 Å². The van der Waals surface area contributed by atoms with Gasteiger partial charge in [0.25, 0.3) is 5.91 Å². The molecular formula is C13H16F2N2O. The summed E-state index contributed by atoms with van der Waals surface area (Å²) in [6.45, 7) is 1.98. The molecule has 0 unspecified atom stereocenters. The Morgan fingerprint density at radius 1 is 1.39 bits per heavy atom. The van der Waals surface area contributed by atoms with E-state index in [0.29, 0.717) is 6.07 Å². The van der Waals surface area contributed by atoms with Gasteiger partial charge in [-0.15, -0.1) is 0 Å². The Balaban J connectivity index is 2.21. The second-order valence-corrected chi connectivity index (χ2v) is 4.80. The van der Waals surface area contributed by atoms with Crippen LogP contribution in [0.15, 0.2) is 12.1 Å². The molecule has 1 amide bonds. The number of nitrogen functional groups attached to an aromatic ring is 1. The number of carbonyl (C=O) groups is 1. The maximum absolute atomic E-state index is 13.5. The molecule has 0 aromatic heterocycles. The zero-order valence-corrected chi connectivity index (χ0v) is 10.2. The molecule has 3 nitrogen and oxygen atoms in total. The predicted octanol–water partition coefficient (Wildman–Crippen LogP) is 2.61. The van der Waals surface area contributed by atoms with Crippen molar-refractivity contribution in [2.45, 2.75) is 38.1 Å². The van der Waals surface area contributed by atoms with Gasteiger partial charge in [-0.3, -0.25) is 4.79 Å². The number of carbonyl (C=O) groups excluding carboxylic acids is 1. The normalized spacial score (nSPS) is 17.1. The Kier molecular flexibility index (Phi) is 3.24. The van der Waals surface area contributed by atoms with Crippen LogP contribution in [0.5, 0.6) is 0 Å². The van der Waals surface area contributed by atoms with E-state index < -0.39 is 17.5 Å². The summed E-state index contributed by atoms with van der Waals surface area (Å²) in [6, 6.07) is 1.69. The lowest BCUT2D eigenvalue weighted by atomic mass is 9.74. The van der Waals surface area contributed by atoms with Gasteiger partial charge in [0.1, 0.15) is 11.6 Å². The zero-order valence-electron chi connectivity index (χ0n) is 10.2. The minimum atomic E-state index is -0.884. The van der Waals surface area contributed by atoms with Gasteiger partial charge in [-0.05, 0) is 31.7 Å². The number of amides is 1. The van der Waals surface area contributed by atoms with Crippen LogP contribution in [0.4, 0.5) is 14.5 Å². The molecule has 0 heterocycles. The van der Waals surface area contributed by atoms with Gasteiger partial charge >= 0.3 is 0 Å². The largest absolute Gasteiger partial charge is 0.396 e. The van der Waals surface area contributed by atoms with Crippen molar-refractivity contribution in [2.24, 2.45) is 0 Å². The number of nitrogens with one attached hydrogen (secondary N) is 1. The first-order chi connectivity index (χ1) is 8.47. The van der Waals surface area contributed by atoms with Crippen LogP contribution >= 0.6 is 0 Å². The molecule has 0 aliphatic heterocycles. The van der Waals surface area contributed by atoms with Crippen LogP contribution in [0, 0.1) is 11.6 Å². The van der Waals surface area contributed by atoms with Crippen molar-refractivity contribution in [1.82, 2.24) is 5.32 Å². The van der Waals surface area contributed by atoms with E-state index in [1.165, 1.54) is 0 Å². The molecule has 98 valence electrons. The van der Waals surface area contributed by atoms with E-state index in [1.807, 2.05) is 6.92 Å². The van der Waals surface area contributed by atoms with Gasteiger partial charge in [0.05, 0.1) is 11.3 Å². The number of nitrogens with two attached hydrogens (primary N) is 1. The molecule has 0 bridgehead atoms. The van der Waals surface area contributed by atoms with E-state index >= 15 is 0 Å². The van der Waals surface area contributed by atoms with Crippen molar-refractivity contribution in [1.29, 1.82) is 0 Å². The molecule has 3 N–H and O–H groups in total. The average Bonchev–Trinajstić information content (AvgIpc) is 2.28. The van der Waals surface area contributed by atoms with Crippen molar-refractivity contribution < 1.29 is 13.6 Å². The van der Waals surface area contributed by atoms with Gasteiger partial charge in [-0.25, -0.2) is 8.78 Å². The SMILES string of the molecule is CCC1(NC(=O)c2cc(N)c(F)cc2F)CCC1. The standard InChI is InChI=1S/C13H16F2N2O/c1-2-13(4-3-5-13)17-12(18)8-6-11(16)10(15)7-9(8)14/h6-7H,2-5,16H2,1H3,(H,17,18). The van der Waals surface area contributed by atoms with Gasteiger partial charge in [0, 0.05) is 11.6 Å². The molecule has 1 aromatic carbocycles. The third kappa shape index (κ3) is 2.17. The van der Waals surface area contributed by atoms with Crippen LogP contribution in [0.1, 0.15) is 43.0 Å². The molecule has 0 radical (unpaired) electrons. The highest BCUT2D eigenvalue weighted by molar-refractivity contribution is 5.95. The van der Waals surface area contributed by atoms with Crippen LogP contribution < -0.4 is 11.1 Å². The molecule has 1 fully saturated rings. The summed E-state index contributed by atoms with van der Waals surface area (Å²) >= 11 is 0. The number of anilines is 1. The molecule has 2 rings (SSSR count). The summed E-state index contributed by atoms with van der Waals surface area (Å²) in [4.78, 5) is 12.0. The number of benzene rings is 1. The van der Waals surface area contributed by atoms with E-state index in [0.717, 1.165) is 31.7 Å². The van der Waals surface area contributed by atoms with E-state index in [1.54, 1.807) is 0 Å². The van der Waals surface area contributed by atoms with Crippen LogP contribution in [0.25, 0.3) is 0 Å². The fraction of sp³-hybridized carbons (Fsp3) is 0.462. The molecule has 0 atom stereocenters. The first-order valence-electron chi connectivity index (χ1n) is 6.04. The number of rotatable bonds is 3. The molecule has 1 saturated carbocycles. The molecule has 0 spiro atoms. The highest BCUT2D eigenvalue weighted by Gasteiger charge is 2.37. The number of hydrogen-bond acceptors (Lipinski definition) is 2. The fourth-order valence-electron chi connectivity index (χ4n) is 2.22. The summed E-state index contributed by atoms with van der Waals surface area (Å²) in [5, 5.41) is 2.83. The molecular weight excluding hydrogens is 238 g/mol. The molecule has 0 saturated heterocycles. The Morgan fingerprint density at radius 3 is 2.56 bits per heavy atom. The van der Waals surface area contributed by atoms with Crippen molar-refractivity contribution in [3.63, 3.8) is 0 Å². The average molecular weight is 254 g/mol. The lowest BCUT2D eigenvalue weighted by molar-refractivity contribution is 0.0816. The Morgan fingerprint density at radius 2 is 2.06 bits per heavy atom. The van der Waals surface area contributed by atoms with Crippen molar-refractivity contribution >= 4 is 11.6 Å². The smallest absolute Gasteiger partial charge is 0.254 e. The van der Waals surface area contributed by atoms with Gasteiger partial charge in [-0.2, -0.15) is 0 Å². The highest BCUT2D eigenvalue weighted by atomic mass is 19.1. The second-order valence-electron chi connectivity index (χ2n) is 4.80. The quantitative estimate of drug-likeness (QED) is 0.815. The third-order valence-electron chi connectivity index (χ3n) is 3.70. The predicted molar refractivity (Wildman–Crippen MR) is 65.1 cm³/mol. The number of hydrogen-bond donors (Lipinski definition) is 2. The van der Waals surface area contributed by atoms with E-state index in [2.05, 4.69) is 5.32 Å². The van der Waals surface area contributed by atoms with Crippen LogP contribution in [-0.4, -0.2) is 11.4 Å². The van der Waals surface area contributed by atoms with Crippen molar-refractivity contribution in [2.75, 3.05) is 5.73 Å². The van der Waals surface area contributed by atoms with Crippen molar-refractivity contribution in [3.05, 3.63) is 29.3 Å². The first-order valence-corrected chi connectivity index (χ1v) is 6.04. The van der Waals surface area contributed by atoms with Gasteiger partial charge in [0.15, 0.2) is 0 Å². The van der Waals surface area contributed by atoms with Crippen LogP contribution in [-0.2, 0) is 0 Å². The maximum Gasteiger partial charge on any atom is 0.254 e. The third-order valence-corrected chi connectivity index (χ3v) is 3.70. The Bertz CT molecular complexity index is 479. The van der Waals surface area contributed by atoms with E-state index in [-0.39, 0.29) is 16.8 Å². The topological polar surface area (TPSA) is 55.1 Å². The summed E-state index contributed by atoms with van der Waals surface area (Å²) in [5.74, 6) is -2.26. The Labute approximate surface area is 104 Å². The zero-order chi connectivity index (χ0) is 13.3. The lowest BCUT2D eigenvalue weighted by Gasteiger charge is -2.42. The van der Waals surface area contributed by atoms with Crippen LogP contribution in [0.2, 0.25) is 0 Å². The highest BCUT2D eigenvalue weighted by Crippen LogP contribution is 2.35. The number of halogens is 2. The van der Waals surface area contributed by atoms with Crippen LogP contribution in [0.3, 0.4) is 0 Å². The van der Waals surface area contributed by atoms with Gasteiger partial charge in [0.2, 0.25) is 0 Å². The summed E-state index contributed by atoms with van der Waals surface area (Å²) in [5.41, 5.74) is 4.70. The molecule has 1 aliphatic carbocycles. The first kappa shape index (κ1) is 12.8. The van der Waals surface area contributed by atoms with E-state index in [4.69, 9.17) is 5.73 Å². The van der Waals surface area contributed by atoms with Gasteiger partial charge < -0.3 is 11.1 Å². The fourth-order valence-corrected chi connectivity index (χ4v) is 2.22. The molecule has 18 heavy (non-hydrogen) atoms. The van der Waals surface area contributed by atoms with Gasteiger partial charge in [-0.1, -0.05) is 6.92 Å². The summed E-state index contributed by atoms with van der Waals surface area (Å²) < 4.78 is 26.5. The lowest BCUT2D eigenvalue weighted by Crippen LogP contribution is -2.53. The monoisotopic (exact) mass is 254 g/mol. The summed E-state index contributed by atoms with van der Waals surface area (Å²) in [6.07, 6.45) is 3.65. The summed E-state index contributed by atoms with van der Waals surface area (Å²) in [7, 11) is 0. The van der Waals surface area contributed by atoms with E-state index in [9.17, 15) is 13.6 Å². The second kappa shape index (κ2) is 4.55. The molecule has 5 heteroatoms. The molecule has 1 aliphatic rings. The molecule has 1 aromatic rings. The maximum atomic E-state index is 13.5.